The van der Waals surface area contributed by atoms with E-state index in [9.17, 15) is 14.4 Å². The van der Waals surface area contributed by atoms with Gasteiger partial charge in [0.2, 0.25) is 5.91 Å². The first-order chi connectivity index (χ1) is 15.9. The average Bonchev–Trinajstić information content (AvgIpc) is 3.50. The fraction of sp³-hybridized carbons (Fsp3) is 0.435. The van der Waals surface area contributed by atoms with Gasteiger partial charge >= 0.3 is 5.69 Å². The summed E-state index contributed by atoms with van der Waals surface area (Å²) in [6.45, 7) is 4.18. The van der Waals surface area contributed by atoms with Crippen molar-refractivity contribution in [3.05, 3.63) is 68.3 Å². The van der Waals surface area contributed by atoms with Gasteiger partial charge in [0.1, 0.15) is 5.82 Å². The zero-order valence-electron chi connectivity index (χ0n) is 18.7. The van der Waals surface area contributed by atoms with Crippen LogP contribution >= 0.6 is 11.8 Å². The normalized spacial score (nSPS) is 17.2. The van der Waals surface area contributed by atoms with Gasteiger partial charge in [0.25, 0.3) is 5.56 Å². The van der Waals surface area contributed by atoms with Crippen molar-refractivity contribution in [2.24, 2.45) is 0 Å². The lowest BCUT2D eigenvalue weighted by atomic mass is 10.2. The van der Waals surface area contributed by atoms with Crippen molar-refractivity contribution in [3.63, 3.8) is 0 Å². The number of fused-ring (bicyclic) bond motifs is 1. The van der Waals surface area contributed by atoms with Crippen LogP contribution in [0.4, 0.5) is 0 Å². The van der Waals surface area contributed by atoms with Crippen LogP contribution in [-0.4, -0.2) is 42.1 Å². The second-order valence-corrected chi connectivity index (χ2v) is 9.60. The molecular formula is C23H26N6O3S. The van der Waals surface area contributed by atoms with Gasteiger partial charge in [0.15, 0.2) is 5.16 Å². The first-order valence-corrected chi connectivity index (χ1v) is 12.2. The van der Waals surface area contributed by atoms with Gasteiger partial charge in [-0.25, -0.2) is 19.0 Å². The zero-order valence-corrected chi connectivity index (χ0v) is 19.5. The van der Waals surface area contributed by atoms with Gasteiger partial charge in [-0.15, -0.1) is 0 Å². The van der Waals surface area contributed by atoms with Crippen molar-refractivity contribution in [2.75, 3.05) is 12.3 Å². The van der Waals surface area contributed by atoms with Crippen LogP contribution in [0.5, 0.6) is 0 Å². The van der Waals surface area contributed by atoms with Gasteiger partial charge in [-0.1, -0.05) is 30.0 Å². The summed E-state index contributed by atoms with van der Waals surface area (Å²) in [5, 5.41) is 8.12. The van der Waals surface area contributed by atoms with E-state index in [4.69, 9.17) is 0 Å². The summed E-state index contributed by atoms with van der Waals surface area (Å²) in [6, 6.07) is 9.31. The molecular weight excluding hydrogens is 440 g/mol. The second-order valence-electron chi connectivity index (χ2n) is 8.61. The zero-order chi connectivity index (χ0) is 23.1. The Kier molecular flexibility index (Phi) is 5.69. The lowest BCUT2D eigenvalue weighted by Gasteiger charge is -2.14. The third-order valence-electron chi connectivity index (χ3n) is 6.21. The van der Waals surface area contributed by atoms with E-state index >= 15 is 0 Å². The molecule has 10 heteroatoms. The molecule has 1 aliphatic heterocycles. The monoisotopic (exact) mass is 466 g/mol. The van der Waals surface area contributed by atoms with E-state index in [0.717, 1.165) is 30.0 Å². The minimum Gasteiger partial charge on any atom is -0.354 e. The van der Waals surface area contributed by atoms with Crippen molar-refractivity contribution < 1.29 is 4.79 Å². The van der Waals surface area contributed by atoms with Crippen LogP contribution in [0.3, 0.4) is 0 Å². The quantitative estimate of drug-likeness (QED) is 0.534. The number of carbonyl (C=O) groups is 1. The average molecular weight is 467 g/mol. The Morgan fingerprint density at radius 1 is 1.18 bits per heavy atom. The first kappa shape index (κ1) is 21.7. The first-order valence-electron chi connectivity index (χ1n) is 11.2. The maximum Gasteiger partial charge on any atom is 0.350 e. The fourth-order valence-corrected chi connectivity index (χ4v) is 5.29. The third kappa shape index (κ3) is 4.15. The number of benzene rings is 1. The Morgan fingerprint density at radius 3 is 2.67 bits per heavy atom. The third-order valence-corrected chi connectivity index (χ3v) is 7.31. The number of thioether (sulfide) groups is 1. The predicted molar refractivity (Wildman–Crippen MR) is 125 cm³/mol. The Morgan fingerprint density at radius 2 is 1.94 bits per heavy atom. The summed E-state index contributed by atoms with van der Waals surface area (Å²) in [6.07, 6.45) is 2.27. The molecule has 2 aromatic heterocycles. The Balaban J connectivity index is 1.25. The molecule has 0 bridgehead atoms. The molecule has 1 N–H and O–H groups in total. The second kappa shape index (κ2) is 8.66. The summed E-state index contributed by atoms with van der Waals surface area (Å²) in [7, 11) is 0. The highest BCUT2D eigenvalue weighted by atomic mass is 32.2. The summed E-state index contributed by atoms with van der Waals surface area (Å²) in [4.78, 5) is 42.7. The molecule has 33 heavy (non-hydrogen) atoms. The molecule has 0 radical (unpaired) electrons. The summed E-state index contributed by atoms with van der Waals surface area (Å²) >= 11 is 1.50. The summed E-state index contributed by atoms with van der Waals surface area (Å²) in [5.41, 5.74) is 1.89. The van der Waals surface area contributed by atoms with Crippen molar-refractivity contribution in [2.45, 2.75) is 56.8 Å². The molecule has 0 unspecified atom stereocenters. The smallest absolute Gasteiger partial charge is 0.350 e. The van der Waals surface area contributed by atoms with Crippen LogP contribution < -0.4 is 16.6 Å². The number of amides is 1. The minimum atomic E-state index is -0.217. The predicted octanol–water partition coefficient (Wildman–Crippen LogP) is 1.94. The minimum absolute atomic E-state index is 0.0779. The van der Waals surface area contributed by atoms with Gasteiger partial charge < -0.3 is 5.32 Å². The number of carbonyl (C=O) groups excluding carboxylic acids is 1. The molecule has 9 nitrogen and oxygen atoms in total. The van der Waals surface area contributed by atoms with Gasteiger partial charge in [-0.05, 0) is 38.8 Å². The van der Waals surface area contributed by atoms with Crippen LogP contribution in [0, 0.1) is 13.8 Å². The van der Waals surface area contributed by atoms with E-state index in [-0.39, 0.29) is 29.6 Å². The van der Waals surface area contributed by atoms with Crippen molar-refractivity contribution in [1.29, 1.82) is 0 Å². The largest absolute Gasteiger partial charge is 0.354 e. The molecule has 1 aromatic carbocycles. The topological polar surface area (TPSA) is 104 Å². The number of hydrogen-bond acceptors (Lipinski definition) is 6. The maximum absolute atomic E-state index is 13.0. The number of rotatable bonds is 7. The molecule has 1 aliphatic carbocycles. The maximum atomic E-state index is 13.0. The molecule has 5 rings (SSSR count). The molecule has 1 fully saturated rings. The lowest BCUT2D eigenvalue weighted by molar-refractivity contribution is -0.121. The van der Waals surface area contributed by atoms with Gasteiger partial charge in [-0.2, -0.15) is 5.10 Å². The number of nitrogens with one attached hydrogen (secondary N) is 1. The Hall–Kier alpha value is -3.14. The van der Waals surface area contributed by atoms with E-state index in [1.807, 2.05) is 37.3 Å². The number of aryl methyl sites for hydroxylation is 1. The van der Waals surface area contributed by atoms with Crippen LogP contribution in [0.25, 0.3) is 5.69 Å². The van der Waals surface area contributed by atoms with Gasteiger partial charge in [0.05, 0.1) is 18.3 Å². The Labute approximate surface area is 194 Å². The standard InChI is InChI=1S/C23H26N6O3S/c1-14-15(2)25-22-29(21(14)31)18(13-33-22)12-19(30)24-10-11-27-23(32)28(17-6-4-3-5-7-17)20(26-27)16-8-9-16/h3-7,16,18H,8-13H2,1-2H3,(H,24,30)/t18-/m0/s1. The SMILES string of the molecule is Cc1nc2n(c(=O)c1C)[C@@H](CC(=O)NCCn1nc(C3CC3)n(-c3ccccc3)c1=O)CS2. The molecule has 0 saturated heterocycles. The van der Waals surface area contributed by atoms with Crippen LogP contribution in [-0.2, 0) is 11.3 Å². The Bertz CT molecular complexity index is 1320. The number of nitrogens with zero attached hydrogens (tertiary/aromatic N) is 5. The molecule has 3 heterocycles. The summed E-state index contributed by atoms with van der Waals surface area (Å²) in [5.74, 6) is 1.59. The molecule has 2 aliphatic rings. The highest BCUT2D eigenvalue weighted by molar-refractivity contribution is 7.99. The molecule has 0 spiro atoms. The van der Waals surface area contributed by atoms with E-state index in [1.165, 1.54) is 16.4 Å². The van der Waals surface area contributed by atoms with Crippen molar-refractivity contribution >= 4 is 17.7 Å². The van der Waals surface area contributed by atoms with Crippen molar-refractivity contribution in [1.82, 2.24) is 29.2 Å². The van der Waals surface area contributed by atoms with Gasteiger partial charge in [0, 0.05) is 35.9 Å². The van der Waals surface area contributed by atoms with Crippen molar-refractivity contribution in [3.8, 4) is 5.69 Å². The van der Waals surface area contributed by atoms with Crippen LogP contribution in [0.2, 0.25) is 0 Å². The molecule has 1 amide bonds. The number of aromatic nitrogens is 5. The van der Waals surface area contributed by atoms with E-state index in [1.54, 1.807) is 16.1 Å². The van der Waals surface area contributed by atoms with Crippen LogP contribution in [0.1, 0.15) is 48.3 Å². The van der Waals surface area contributed by atoms with Crippen LogP contribution in [0.15, 0.2) is 45.1 Å². The lowest BCUT2D eigenvalue weighted by Crippen LogP contribution is -2.34. The molecule has 172 valence electrons. The molecule has 1 atom stereocenters. The molecule has 1 saturated carbocycles. The van der Waals surface area contributed by atoms with E-state index in [0.29, 0.717) is 35.5 Å². The number of para-hydroxylation sites is 1. The van der Waals surface area contributed by atoms with E-state index < -0.39 is 0 Å². The highest BCUT2D eigenvalue weighted by Gasteiger charge is 2.32. The number of hydrogen-bond donors (Lipinski definition) is 1. The fourth-order valence-electron chi connectivity index (χ4n) is 4.11. The highest BCUT2D eigenvalue weighted by Crippen LogP contribution is 2.39. The van der Waals surface area contributed by atoms with Gasteiger partial charge in [-0.3, -0.25) is 14.2 Å². The summed E-state index contributed by atoms with van der Waals surface area (Å²) < 4.78 is 4.75. The molecule has 3 aromatic rings. The van der Waals surface area contributed by atoms with E-state index in [2.05, 4.69) is 15.4 Å².